The van der Waals surface area contributed by atoms with Gasteiger partial charge in [0, 0.05) is 68.9 Å². The standard InChI is InChI=1S/C36H43N5O8/c1-46-30-11-10-26-20-32(30)48-27-21-29(41(23-27)36(45)28-22-31(49-39-28)24-8-3-2-4-9-24)34(43)38-14-5-6-16-40(17-7-15-37-33(26)42)35(44)25-12-18-47-19-13-25/h2-4,8-11,20,22,25,27,29H,5-7,12-19,21,23H2,1H3,(H,37,42)(H,38,43)/t27-,29-/m0/s1. The molecule has 6 rings (SSSR count). The summed E-state index contributed by atoms with van der Waals surface area (Å²) in [5, 5.41) is 9.99. The highest BCUT2D eigenvalue weighted by Gasteiger charge is 2.42. The van der Waals surface area contributed by atoms with Gasteiger partial charge in [0.05, 0.1) is 13.7 Å². The number of methoxy groups -OCH3 is 1. The molecule has 49 heavy (non-hydrogen) atoms. The second kappa shape index (κ2) is 16.0. The van der Waals surface area contributed by atoms with Gasteiger partial charge in [0.25, 0.3) is 11.8 Å². The second-order valence-corrected chi connectivity index (χ2v) is 12.6. The molecule has 2 atom stereocenters. The van der Waals surface area contributed by atoms with Crippen LogP contribution in [0.5, 0.6) is 11.5 Å². The molecule has 4 bridgehead atoms. The average molecular weight is 674 g/mol. The lowest BCUT2D eigenvalue weighted by molar-refractivity contribution is -0.138. The van der Waals surface area contributed by atoms with Crippen LogP contribution in [-0.4, -0.2) is 104 Å². The minimum Gasteiger partial charge on any atom is -0.493 e. The van der Waals surface area contributed by atoms with Gasteiger partial charge in [-0.3, -0.25) is 19.2 Å². The summed E-state index contributed by atoms with van der Waals surface area (Å²) in [5.41, 5.74) is 1.23. The number of fused-ring (bicyclic) bond motifs is 4. The van der Waals surface area contributed by atoms with Gasteiger partial charge in [-0.1, -0.05) is 35.5 Å². The molecular weight excluding hydrogens is 630 g/mol. The van der Waals surface area contributed by atoms with Crippen molar-refractivity contribution in [1.29, 1.82) is 0 Å². The van der Waals surface area contributed by atoms with Gasteiger partial charge in [0.15, 0.2) is 23.0 Å². The zero-order valence-corrected chi connectivity index (χ0v) is 27.7. The number of benzene rings is 2. The summed E-state index contributed by atoms with van der Waals surface area (Å²) in [4.78, 5) is 57.4. The van der Waals surface area contributed by atoms with Gasteiger partial charge >= 0.3 is 0 Å². The SMILES string of the molecule is COc1ccc2cc1O[C@H]1C[C@@H](C(=O)NCCCCN(C(=O)C3CCOCC3)CCCNC2=O)N(C(=O)c2cc(-c3ccccc3)on2)C1. The monoisotopic (exact) mass is 673 g/mol. The molecule has 0 spiro atoms. The predicted molar refractivity (Wildman–Crippen MR) is 178 cm³/mol. The van der Waals surface area contributed by atoms with Crippen molar-refractivity contribution in [2.75, 3.05) is 53.0 Å². The molecule has 2 saturated heterocycles. The number of carbonyl (C=O) groups is 4. The topological polar surface area (TPSA) is 153 Å². The molecule has 260 valence electrons. The van der Waals surface area contributed by atoms with Crippen LogP contribution in [0.3, 0.4) is 0 Å². The highest BCUT2D eigenvalue weighted by molar-refractivity contribution is 5.97. The van der Waals surface area contributed by atoms with E-state index in [0.29, 0.717) is 94.3 Å². The van der Waals surface area contributed by atoms with Crippen LogP contribution in [0.2, 0.25) is 0 Å². The first-order valence-corrected chi connectivity index (χ1v) is 17.0. The summed E-state index contributed by atoms with van der Waals surface area (Å²) < 4.78 is 22.8. The van der Waals surface area contributed by atoms with Crippen LogP contribution in [0.15, 0.2) is 59.1 Å². The summed E-state index contributed by atoms with van der Waals surface area (Å²) in [6.45, 7) is 3.09. The summed E-state index contributed by atoms with van der Waals surface area (Å²) in [7, 11) is 1.51. The summed E-state index contributed by atoms with van der Waals surface area (Å²) in [5.74, 6) is 0.168. The van der Waals surface area contributed by atoms with E-state index in [2.05, 4.69) is 15.8 Å². The van der Waals surface area contributed by atoms with Gasteiger partial charge in [-0.15, -0.1) is 0 Å². The average Bonchev–Trinajstić information content (AvgIpc) is 3.80. The van der Waals surface area contributed by atoms with Crippen molar-refractivity contribution in [3.8, 4) is 22.8 Å². The van der Waals surface area contributed by atoms with E-state index in [9.17, 15) is 19.2 Å². The zero-order chi connectivity index (χ0) is 34.2. The maximum atomic E-state index is 13.8. The first-order valence-electron chi connectivity index (χ1n) is 17.0. The Labute approximate surface area is 285 Å². The van der Waals surface area contributed by atoms with E-state index in [1.165, 1.54) is 12.0 Å². The van der Waals surface area contributed by atoms with E-state index in [1.807, 2.05) is 35.2 Å². The quantitative estimate of drug-likeness (QED) is 0.425. The van der Waals surface area contributed by atoms with Crippen LogP contribution in [0.4, 0.5) is 0 Å². The second-order valence-electron chi connectivity index (χ2n) is 12.6. The van der Waals surface area contributed by atoms with E-state index >= 15 is 0 Å². The van der Waals surface area contributed by atoms with Gasteiger partial charge < -0.3 is 39.2 Å². The number of rotatable bonds is 4. The first-order chi connectivity index (χ1) is 23.9. The number of amides is 4. The lowest BCUT2D eigenvalue weighted by atomic mass is 9.98. The molecule has 0 aliphatic carbocycles. The third-order valence-electron chi connectivity index (χ3n) is 9.26. The molecule has 0 unspecified atom stereocenters. The molecule has 1 aromatic heterocycles. The van der Waals surface area contributed by atoms with E-state index in [4.69, 9.17) is 18.7 Å². The highest BCUT2D eigenvalue weighted by Crippen LogP contribution is 2.33. The van der Waals surface area contributed by atoms with Crippen molar-refractivity contribution in [2.45, 2.75) is 50.7 Å². The van der Waals surface area contributed by atoms with Crippen molar-refractivity contribution >= 4 is 23.6 Å². The Kier molecular flexibility index (Phi) is 11.1. The van der Waals surface area contributed by atoms with Crippen molar-refractivity contribution in [2.24, 2.45) is 5.92 Å². The number of likely N-dealkylation sites (tertiary alicyclic amines) is 1. The fourth-order valence-corrected chi connectivity index (χ4v) is 6.57. The molecular formula is C36H43N5O8. The van der Waals surface area contributed by atoms with Crippen LogP contribution in [0.25, 0.3) is 11.3 Å². The third-order valence-corrected chi connectivity index (χ3v) is 9.26. The van der Waals surface area contributed by atoms with E-state index in [0.717, 1.165) is 5.56 Å². The molecule has 3 aliphatic rings. The summed E-state index contributed by atoms with van der Waals surface area (Å²) in [6.07, 6.45) is 2.98. The fraction of sp³-hybridized carbons (Fsp3) is 0.472. The minimum absolute atomic E-state index is 0.0744. The van der Waals surface area contributed by atoms with Crippen molar-refractivity contribution < 1.29 is 37.9 Å². The number of nitrogens with zero attached hydrogens (tertiary/aromatic N) is 3. The molecule has 13 nitrogen and oxygen atoms in total. The van der Waals surface area contributed by atoms with E-state index in [1.54, 1.807) is 24.3 Å². The lowest BCUT2D eigenvalue weighted by Crippen LogP contribution is -2.46. The van der Waals surface area contributed by atoms with E-state index < -0.39 is 18.1 Å². The lowest BCUT2D eigenvalue weighted by Gasteiger charge is -2.29. The van der Waals surface area contributed by atoms with Gasteiger partial charge in [-0.25, -0.2) is 0 Å². The van der Waals surface area contributed by atoms with Crippen molar-refractivity contribution in [1.82, 2.24) is 25.6 Å². The van der Waals surface area contributed by atoms with Gasteiger partial charge in [0.2, 0.25) is 11.8 Å². The molecule has 4 amide bonds. The van der Waals surface area contributed by atoms with Crippen LogP contribution in [0.1, 0.15) is 59.4 Å². The Bertz CT molecular complexity index is 1620. The van der Waals surface area contributed by atoms with Gasteiger partial charge in [-0.05, 0) is 50.3 Å². The van der Waals surface area contributed by atoms with Crippen LogP contribution in [0, 0.1) is 5.92 Å². The predicted octanol–water partition coefficient (Wildman–Crippen LogP) is 3.30. The molecule has 3 aliphatic heterocycles. The molecule has 2 N–H and O–H groups in total. The molecule has 2 fully saturated rings. The smallest absolute Gasteiger partial charge is 0.276 e. The van der Waals surface area contributed by atoms with Crippen LogP contribution < -0.4 is 20.1 Å². The minimum atomic E-state index is -0.833. The molecule has 2 aromatic carbocycles. The van der Waals surface area contributed by atoms with Crippen LogP contribution >= 0.6 is 0 Å². The van der Waals surface area contributed by atoms with Gasteiger partial charge in [-0.2, -0.15) is 0 Å². The normalized spacial score (nSPS) is 21.4. The first kappa shape index (κ1) is 34.0. The molecule has 3 aromatic rings. The zero-order valence-electron chi connectivity index (χ0n) is 27.7. The Morgan fingerprint density at radius 2 is 1.69 bits per heavy atom. The molecule has 4 heterocycles. The number of ether oxygens (including phenoxy) is 3. The largest absolute Gasteiger partial charge is 0.493 e. The molecule has 13 heteroatoms. The Balaban J connectivity index is 1.22. The molecule has 0 radical (unpaired) electrons. The van der Waals surface area contributed by atoms with Crippen molar-refractivity contribution in [3.63, 3.8) is 0 Å². The number of aromatic nitrogens is 1. The highest BCUT2D eigenvalue weighted by atomic mass is 16.5. The fourth-order valence-electron chi connectivity index (χ4n) is 6.57. The Morgan fingerprint density at radius 1 is 0.918 bits per heavy atom. The maximum Gasteiger partial charge on any atom is 0.276 e. The summed E-state index contributed by atoms with van der Waals surface area (Å²) in [6, 6.07) is 15.0. The van der Waals surface area contributed by atoms with E-state index in [-0.39, 0.29) is 42.3 Å². The third kappa shape index (κ3) is 8.22. The van der Waals surface area contributed by atoms with Crippen molar-refractivity contribution in [3.05, 3.63) is 65.9 Å². The maximum absolute atomic E-state index is 13.8. The van der Waals surface area contributed by atoms with Gasteiger partial charge in [0.1, 0.15) is 12.1 Å². The summed E-state index contributed by atoms with van der Waals surface area (Å²) >= 11 is 0. The Hall–Kier alpha value is -4.91. The molecule has 0 saturated carbocycles. The Morgan fingerprint density at radius 3 is 2.49 bits per heavy atom. The number of hydrogen-bond donors (Lipinski definition) is 2. The number of hydrogen-bond acceptors (Lipinski definition) is 9. The number of carbonyl (C=O) groups excluding carboxylic acids is 4. The van der Waals surface area contributed by atoms with Crippen LogP contribution in [-0.2, 0) is 14.3 Å². The number of nitrogens with one attached hydrogen (secondary N) is 2.